The van der Waals surface area contributed by atoms with Crippen molar-refractivity contribution in [1.82, 2.24) is 0 Å². The summed E-state index contributed by atoms with van der Waals surface area (Å²) in [6.07, 6.45) is 5.28. The summed E-state index contributed by atoms with van der Waals surface area (Å²) in [7, 11) is 0. The molecule has 0 saturated carbocycles. The maximum absolute atomic E-state index is 6.09. The molecule has 1 aromatic carbocycles. The Morgan fingerprint density at radius 3 is 2.33 bits per heavy atom. The van der Waals surface area contributed by atoms with E-state index in [1.165, 1.54) is 50.0 Å². The Morgan fingerprint density at radius 2 is 1.78 bits per heavy atom. The number of hydrogen-bond acceptors (Lipinski definition) is 2. The summed E-state index contributed by atoms with van der Waals surface area (Å²) in [5.74, 6) is 0. The molecule has 1 aromatic rings. The van der Waals surface area contributed by atoms with Gasteiger partial charge in [0.05, 0.1) is 11.4 Å². The molecule has 1 saturated heterocycles. The Morgan fingerprint density at radius 1 is 1.17 bits per heavy atom. The highest BCUT2D eigenvalue weighted by Crippen LogP contribution is 2.43. The zero-order valence-electron chi connectivity index (χ0n) is 12.0. The van der Waals surface area contributed by atoms with Crippen molar-refractivity contribution in [2.24, 2.45) is 5.41 Å². The van der Waals surface area contributed by atoms with E-state index >= 15 is 0 Å². The van der Waals surface area contributed by atoms with E-state index in [1.807, 2.05) is 6.07 Å². The lowest BCUT2D eigenvalue weighted by atomic mass is 9.72. The van der Waals surface area contributed by atoms with Crippen LogP contribution in [-0.2, 0) is 0 Å². The van der Waals surface area contributed by atoms with Crippen molar-refractivity contribution in [3.05, 3.63) is 23.8 Å². The molecule has 18 heavy (non-hydrogen) atoms. The number of nitrogen functional groups attached to an aromatic ring is 1. The van der Waals surface area contributed by atoms with E-state index in [2.05, 4.69) is 37.8 Å². The Balaban J connectivity index is 2.08. The number of nitrogens with two attached hydrogens (primary N) is 1. The first-order chi connectivity index (χ1) is 8.60. The normalized spacial score (nSPS) is 17.6. The molecule has 0 bridgehead atoms. The first-order valence-corrected chi connectivity index (χ1v) is 7.21. The minimum atomic E-state index is 0.555. The maximum atomic E-state index is 6.09. The third kappa shape index (κ3) is 2.47. The van der Waals surface area contributed by atoms with Crippen LogP contribution in [0.4, 0.5) is 11.4 Å². The first-order valence-electron chi connectivity index (χ1n) is 7.21. The second-order valence-electron chi connectivity index (χ2n) is 5.92. The molecule has 0 spiro atoms. The minimum absolute atomic E-state index is 0.555. The molecule has 0 amide bonds. The summed E-state index contributed by atoms with van der Waals surface area (Å²) in [4.78, 5) is 2.45. The molecule has 100 valence electrons. The van der Waals surface area contributed by atoms with E-state index in [0.717, 1.165) is 5.69 Å². The van der Waals surface area contributed by atoms with Crippen LogP contribution in [0, 0.1) is 12.3 Å². The largest absolute Gasteiger partial charge is 0.397 e. The zero-order valence-corrected chi connectivity index (χ0v) is 12.0. The summed E-state index contributed by atoms with van der Waals surface area (Å²) in [5.41, 5.74) is 10.1. The fraction of sp³-hybridized carbons (Fsp3) is 0.625. The van der Waals surface area contributed by atoms with Crippen LogP contribution in [0.5, 0.6) is 0 Å². The molecule has 2 N–H and O–H groups in total. The highest BCUT2D eigenvalue weighted by atomic mass is 15.2. The zero-order chi connectivity index (χ0) is 13.2. The molecule has 0 radical (unpaired) electrons. The van der Waals surface area contributed by atoms with Crippen molar-refractivity contribution >= 4 is 11.4 Å². The van der Waals surface area contributed by atoms with Crippen LogP contribution in [0.15, 0.2) is 18.2 Å². The Labute approximate surface area is 111 Å². The second kappa shape index (κ2) is 5.21. The third-order valence-corrected chi connectivity index (χ3v) is 4.14. The van der Waals surface area contributed by atoms with Crippen molar-refractivity contribution in [3.63, 3.8) is 0 Å². The lowest BCUT2D eigenvalue weighted by Gasteiger charge is -2.52. The summed E-state index contributed by atoms with van der Waals surface area (Å²) in [6, 6.07) is 6.34. The predicted octanol–water partition coefficient (Wildman–Crippen LogP) is 3.98. The molecule has 0 atom stereocenters. The van der Waals surface area contributed by atoms with Gasteiger partial charge in [0.1, 0.15) is 0 Å². The van der Waals surface area contributed by atoms with Gasteiger partial charge in [0.15, 0.2) is 0 Å². The van der Waals surface area contributed by atoms with E-state index in [-0.39, 0.29) is 0 Å². The van der Waals surface area contributed by atoms with Crippen molar-refractivity contribution < 1.29 is 0 Å². The van der Waals surface area contributed by atoms with Gasteiger partial charge in [0.25, 0.3) is 0 Å². The van der Waals surface area contributed by atoms with Gasteiger partial charge >= 0.3 is 0 Å². The molecule has 0 aliphatic carbocycles. The van der Waals surface area contributed by atoms with E-state index in [0.29, 0.717) is 5.41 Å². The van der Waals surface area contributed by atoms with Gasteiger partial charge in [-0.05, 0) is 37.5 Å². The Bertz CT molecular complexity index is 398. The van der Waals surface area contributed by atoms with Crippen LogP contribution in [0.3, 0.4) is 0 Å². The average molecular weight is 246 g/mol. The van der Waals surface area contributed by atoms with Crippen LogP contribution in [0.25, 0.3) is 0 Å². The number of hydrogen-bond donors (Lipinski definition) is 1. The fourth-order valence-electron chi connectivity index (χ4n) is 3.36. The second-order valence-corrected chi connectivity index (χ2v) is 5.92. The number of rotatable bonds is 5. The van der Waals surface area contributed by atoms with Gasteiger partial charge in [0, 0.05) is 18.5 Å². The molecule has 2 heteroatoms. The molecule has 0 aromatic heterocycles. The number of benzene rings is 1. The predicted molar refractivity (Wildman–Crippen MR) is 80.1 cm³/mol. The SMILES string of the molecule is CCCC1(CCC)CN(c2cc(C)ccc2N)C1. The van der Waals surface area contributed by atoms with Crippen molar-refractivity contribution in [2.75, 3.05) is 23.7 Å². The molecule has 0 unspecified atom stereocenters. The first kappa shape index (κ1) is 13.3. The van der Waals surface area contributed by atoms with Gasteiger partial charge in [-0.2, -0.15) is 0 Å². The van der Waals surface area contributed by atoms with Crippen LogP contribution in [0.2, 0.25) is 0 Å². The van der Waals surface area contributed by atoms with E-state index < -0.39 is 0 Å². The maximum Gasteiger partial charge on any atom is 0.0602 e. The van der Waals surface area contributed by atoms with Gasteiger partial charge in [-0.15, -0.1) is 0 Å². The number of aryl methyl sites for hydroxylation is 1. The summed E-state index contributed by atoms with van der Waals surface area (Å²) < 4.78 is 0. The standard InChI is InChI=1S/C16H26N2/c1-4-8-16(9-5-2)11-18(12-16)15-10-13(3)6-7-14(15)17/h6-7,10H,4-5,8-9,11-12,17H2,1-3H3. The van der Waals surface area contributed by atoms with Crippen molar-refractivity contribution in [3.8, 4) is 0 Å². The molecule has 1 aliphatic heterocycles. The highest BCUT2D eigenvalue weighted by molar-refractivity contribution is 5.69. The molecule has 2 rings (SSSR count). The van der Waals surface area contributed by atoms with Crippen molar-refractivity contribution in [1.29, 1.82) is 0 Å². The van der Waals surface area contributed by atoms with Crippen LogP contribution in [-0.4, -0.2) is 13.1 Å². The number of nitrogens with zero attached hydrogens (tertiary/aromatic N) is 1. The monoisotopic (exact) mass is 246 g/mol. The lowest BCUT2D eigenvalue weighted by molar-refractivity contribution is 0.173. The van der Waals surface area contributed by atoms with E-state index in [4.69, 9.17) is 5.73 Å². The number of anilines is 2. The summed E-state index contributed by atoms with van der Waals surface area (Å²) in [5, 5.41) is 0. The minimum Gasteiger partial charge on any atom is -0.397 e. The van der Waals surface area contributed by atoms with Gasteiger partial charge in [0.2, 0.25) is 0 Å². The van der Waals surface area contributed by atoms with Crippen LogP contribution >= 0.6 is 0 Å². The van der Waals surface area contributed by atoms with E-state index in [9.17, 15) is 0 Å². The van der Waals surface area contributed by atoms with E-state index in [1.54, 1.807) is 0 Å². The quantitative estimate of drug-likeness (QED) is 0.796. The molecular formula is C16H26N2. The molecule has 1 fully saturated rings. The summed E-state index contributed by atoms with van der Waals surface area (Å²) in [6.45, 7) is 9.08. The van der Waals surface area contributed by atoms with Crippen LogP contribution in [0.1, 0.15) is 45.1 Å². The molecule has 1 aliphatic rings. The van der Waals surface area contributed by atoms with Gasteiger partial charge in [-0.3, -0.25) is 0 Å². The van der Waals surface area contributed by atoms with Crippen molar-refractivity contribution in [2.45, 2.75) is 46.5 Å². The highest BCUT2D eigenvalue weighted by Gasteiger charge is 2.41. The third-order valence-electron chi connectivity index (χ3n) is 4.14. The van der Waals surface area contributed by atoms with Crippen LogP contribution < -0.4 is 10.6 Å². The molecular weight excluding hydrogens is 220 g/mol. The van der Waals surface area contributed by atoms with Gasteiger partial charge in [-0.25, -0.2) is 0 Å². The molecule has 1 heterocycles. The van der Waals surface area contributed by atoms with Gasteiger partial charge < -0.3 is 10.6 Å². The average Bonchev–Trinajstić information content (AvgIpc) is 2.29. The molecule has 2 nitrogen and oxygen atoms in total. The Hall–Kier alpha value is -1.18. The Kier molecular flexibility index (Phi) is 3.84. The topological polar surface area (TPSA) is 29.3 Å². The lowest BCUT2D eigenvalue weighted by Crippen LogP contribution is -2.56. The summed E-state index contributed by atoms with van der Waals surface area (Å²) >= 11 is 0. The smallest absolute Gasteiger partial charge is 0.0602 e. The fourth-order valence-corrected chi connectivity index (χ4v) is 3.36. The van der Waals surface area contributed by atoms with Gasteiger partial charge in [-0.1, -0.05) is 32.8 Å².